The number of hydrogen-bond donors (Lipinski definition) is 3. The SMILES string of the molecule is C=C(C)CNC(=S)NC1CC[NH+](Cc2ccc(Cl)cc2)CC1. The molecule has 120 valence electrons. The van der Waals surface area contributed by atoms with Crippen LogP contribution in [0.15, 0.2) is 36.4 Å². The normalized spacial score (nSPS) is 21.2. The fourth-order valence-electron chi connectivity index (χ4n) is 2.71. The van der Waals surface area contributed by atoms with Crippen molar-refractivity contribution in [3.63, 3.8) is 0 Å². The molecule has 0 aliphatic carbocycles. The van der Waals surface area contributed by atoms with Gasteiger partial charge in [-0.05, 0) is 31.3 Å². The Bertz CT molecular complexity index is 507. The molecule has 0 aromatic heterocycles. The number of quaternary nitrogens is 1. The van der Waals surface area contributed by atoms with Gasteiger partial charge >= 0.3 is 0 Å². The zero-order chi connectivity index (χ0) is 15.9. The predicted molar refractivity (Wildman–Crippen MR) is 97.4 cm³/mol. The molecule has 3 nitrogen and oxygen atoms in total. The van der Waals surface area contributed by atoms with E-state index < -0.39 is 0 Å². The highest BCUT2D eigenvalue weighted by Crippen LogP contribution is 2.09. The van der Waals surface area contributed by atoms with Crippen LogP contribution in [0.4, 0.5) is 0 Å². The van der Waals surface area contributed by atoms with Gasteiger partial charge in [-0.3, -0.25) is 0 Å². The summed E-state index contributed by atoms with van der Waals surface area (Å²) in [6, 6.07) is 8.67. The molecule has 0 amide bonds. The maximum absolute atomic E-state index is 5.93. The quantitative estimate of drug-likeness (QED) is 0.566. The van der Waals surface area contributed by atoms with Crippen LogP contribution in [0.2, 0.25) is 5.02 Å². The average Bonchev–Trinajstić information content (AvgIpc) is 2.49. The zero-order valence-corrected chi connectivity index (χ0v) is 14.7. The molecular formula is C17H25ClN3S+. The zero-order valence-electron chi connectivity index (χ0n) is 13.1. The van der Waals surface area contributed by atoms with Gasteiger partial charge in [-0.15, -0.1) is 0 Å². The standard InChI is InChI=1S/C17H24ClN3S/c1-13(2)11-19-17(22)20-16-7-9-21(10-8-16)12-14-3-5-15(18)6-4-14/h3-6,16H,1,7-12H2,2H3,(H2,19,20,22)/p+1. The van der Waals surface area contributed by atoms with E-state index in [-0.39, 0.29) is 0 Å². The van der Waals surface area contributed by atoms with Gasteiger partial charge < -0.3 is 15.5 Å². The van der Waals surface area contributed by atoms with Gasteiger partial charge in [-0.1, -0.05) is 35.9 Å². The van der Waals surface area contributed by atoms with Gasteiger partial charge in [-0.25, -0.2) is 0 Å². The molecule has 0 radical (unpaired) electrons. The van der Waals surface area contributed by atoms with Crippen LogP contribution in [-0.4, -0.2) is 30.8 Å². The summed E-state index contributed by atoms with van der Waals surface area (Å²) in [5, 5.41) is 8.15. The van der Waals surface area contributed by atoms with Crippen molar-refractivity contribution in [1.29, 1.82) is 0 Å². The molecule has 0 unspecified atom stereocenters. The summed E-state index contributed by atoms with van der Waals surface area (Å²) < 4.78 is 0. The third-order valence-electron chi connectivity index (χ3n) is 3.95. The summed E-state index contributed by atoms with van der Waals surface area (Å²) in [5.74, 6) is 0. The largest absolute Gasteiger partial charge is 0.360 e. The van der Waals surface area contributed by atoms with Crippen molar-refractivity contribution in [2.75, 3.05) is 19.6 Å². The monoisotopic (exact) mass is 338 g/mol. The van der Waals surface area contributed by atoms with Crippen molar-refractivity contribution < 1.29 is 4.90 Å². The van der Waals surface area contributed by atoms with Crippen molar-refractivity contribution in [3.05, 3.63) is 47.0 Å². The highest BCUT2D eigenvalue weighted by atomic mass is 35.5. The fraction of sp³-hybridized carbons (Fsp3) is 0.471. The van der Waals surface area contributed by atoms with Crippen LogP contribution >= 0.6 is 23.8 Å². The van der Waals surface area contributed by atoms with Gasteiger partial charge in [0.25, 0.3) is 0 Å². The van der Waals surface area contributed by atoms with E-state index in [0.29, 0.717) is 6.04 Å². The molecule has 2 rings (SSSR count). The Hall–Kier alpha value is -1.10. The second-order valence-corrected chi connectivity index (χ2v) is 6.96. The lowest BCUT2D eigenvalue weighted by atomic mass is 10.0. The van der Waals surface area contributed by atoms with Gasteiger partial charge in [0, 0.05) is 36.0 Å². The highest BCUT2D eigenvalue weighted by Gasteiger charge is 2.22. The Morgan fingerprint density at radius 2 is 1.95 bits per heavy atom. The van der Waals surface area contributed by atoms with Crippen LogP contribution in [0.3, 0.4) is 0 Å². The van der Waals surface area contributed by atoms with Crippen molar-refractivity contribution >= 4 is 28.9 Å². The summed E-state index contributed by atoms with van der Waals surface area (Å²) in [4.78, 5) is 1.63. The van der Waals surface area contributed by atoms with Crippen molar-refractivity contribution in [2.45, 2.75) is 32.4 Å². The van der Waals surface area contributed by atoms with Crippen LogP contribution in [0.1, 0.15) is 25.3 Å². The van der Waals surface area contributed by atoms with Crippen LogP contribution in [0.25, 0.3) is 0 Å². The Balaban J connectivity index is 1.70. The molecule has 0 saturated carbocycles. The first kappa shape index (κ1) is 17.3. The first-order valence-electron chi connectivity index (χ1n) is 7.79. The molecule has 22 heavy (non-hydrogen) atoms. The lowest BCUT2D eigenvalue weighted by molar-refractivity contribution is -0.918. The molecule has 3 N–H and O–H groups in total. The number of hydrogen-bond acceptors (Lipinski definition) is 1. The molecular weight excluding hydrogens is 314 g/mol. The molecule has 1 aromatic carbocycles. The summed E-state index contributed by atoms with van der Waals surface area (Å²) >= 11 is 11.2. The summed E-state index contributed by atoms with van der Waals surface area (Å²) in [6.45, 7) is 10.0. The van der Waals surface area contributed by atoms with E-state index >= 15 is 0 Å². The van der Waals surface area contributed by atoms with E-state index in [4.69, 9.17) is 23.8 Å². The molecule has 1 heterocycles. The molecule has 0 bridgehead atoms. The maximum atomic E-state index is 5.93. The van der Waals surface area contributed by atoms with Crippen LogP contribution in [-0.2, 0) is 6.54 Å². The van der Waals surface area contributed by atoms with Gasteiger partial charge in [0.1, 0.15) is 6.54 Å². The van der Waals surface area contributed by atoms with Gasteiger partial charge in [-0.2, -0.15) is 0 Å². The minimum Gasteiger partial charge on any atom is -0.360 e. The average molecular weight is 339 g/mol. The number of halogens is 1. The topological polar surface area (TPSA) is 28.5 Å². The predicted octanol–water partition coefficient (Wildman–Crippen LogP) is 1.93. The van der Waals surface area contributed by atoms with Crippen molar-refractivity contribution in [2.24, 2.45) is 0 Å². The molecule has 0 spiro atoms. The first-order valence-corrected chi connectivity index (χ1v) is 8.58. The minimum absolute atomic E-state index is 0.485. The molecule has 1 aromatic rings. The third kappa shape index (κ3) is 5.95. The molecule has 1 aliphatic rings. The molecule has 5 heteroatoms. The third-order valence-corrected chi connectivity index (χ3v) is 4.46. The number of rotatable bonds is 5. The Kier molecular flexibility index (Phi) is 6.68. The van der Waals surface area contributed by atoms with Gasteiger partial charge in [0.05, 0.1) is 13.1 Å². The maximum Gasteiger partial charge on any atom is 0.166 e. The summed E-state index contributed by atoms with van der Waals surface area (Å²) in [6.07, 6.45) is 2.30. The highest BCUT2D eigenvalue weighted by molar-refractivity contribution is 7.80. The Labute approximate surface area is 143 Å². The van der Waals surface area contributed by atoms with Crippen molar-refractivity contribution in [1.82, 2.24) is 10.6 Å². The number of thiocarbonyl (C=S) groups is 1. The minimum atomic E-state index is 0.485. The number of nitrogens with one attached hydrogen (secondary N) is 3. The van der Waals surface area contributed by atoms with E-state index in [1.54, 1.807) is 4.90 Å². The van der Waals surface area contributed by atoms with E-state index in [1.165, 1.54) is 18.7 Å². The number of benzene rings is 1. The van der Waals surface area contributed by atoms with E-state index in [9.17, 15) is 0 Å². The molecule has 1 fully saturated rings. The summed E-state index contributed by atoms with van der Waals surface area (Å²) in [7, 11) is 0. The van der Waals surface area contributed by atoms with E-state index in [0.717, 1.165) is 41.6 Å². The second kappa shape index (κ2) is 8.51. The summed E-state index contributed by atoms with van der Waals surface area (Å²) in [5.41, 5.74) is 2.44. The second-order valence-electron chi connectivity index (χ2n) is 6.11. The van der Waals surface area contributed by atoms with Crippen molar-refractivity contribution in [3.8, 4) is 0 Å². The lowest BCUT2D eigenvalue weighted by Gasteiger charge is -2.30. The molecule has 1 saturated heterocycles. The van der Waals surface area contributed by atoms with Crippen LogP contribution in [0, 0.1) is 0 Å². The Morgan fingerprint density at radius 3 is 2.55 bits per heavy atom. The Morgan fingerprint density at radius 1 is 1.32 bits per heavy atom. The molecule has 1 aliphatic heterocycles. The number of likely N-dealkylation sites (tertiary alicyclic amines) is 1. The van der Waals surface area contributed by atoms with E-state index in [1.807, 2.05) is 19.1 Å². The van der Waals surface area contributed by atoms with Crippen LogP contribution < -0.4 is 15.5 Å². The molecule has 0 atom stereocenters. The van der Waals surface area contributed by atoms with Crippen LogP contribution in [0.5, 0.6) is 0 Å². The fourth-order valence-corrected chi connectivity index (χ4v) is 3.07. The van der Waals surface area contributed by atoms with Gasteiger partial charge in [0.15, 0.2) is 5.11 Å². The number of piperidine rings is 1. The van der Waals surface area contributed by atoms with Gasteiger partial charge in [0.2, 0.25) is 0 Å². The first-order chi connectivity index (χ1) is 10.5. The smallest absolute Gasteiger partial charge is 0.166 e. The lowest BCUT2D eigenvalue weighted by Crippen LogP contribution is -3.12. The van der Waals surface area contributed by atoms with E-state index in [2.05, 4.69) is 29.3 Å².